The summed E-state index contributed by atoms with van der Waals surface area (Å²) in [6.07, 6.45) is 3.06. The SMILES string of the molecule is C=C(Cl)C=N/C(Cl)=C\C. The van der Waals surface area contributed by atoms with Crippen LogP contribution in [0.25, 0.3) is 0 Å². The van der Waals surface area contributed by atoms with Gasteiger partial charge in [0.2, 0.25) is 0 Å². The van der Waals surface area contributed by atoms with E-state index in [1.54, 1.807) is 13.0 Å². The normalized spacial score (nSPS) is 12.6. The zero-order chi connectivity index (χ0) is 7.28. The monoisotopic (exact) mass is 163 g/mol. The Hall–Kier alpha value is -0.270. The van der Waals surface area contributed by atoms with Gasteiger partial charge in [-0.2, -0.15) is 0 Å². The van der Waals surface area contributed by atoms with Crippen molar-refractivity contribution in [3.05, 3.63) is 22.8 Å². The standard InChI is InChI=1S/C6H7Cl2N/c1-3-6(8)9-4-5(2)7/h3-4H,2H2,1H3/b6-3-,9-4?. The van der Waals surface area contributed by atoms with E-state index in [4.69, 9.17) is 23.2 Å². The van der Waals surface area contributed by atoms with E-state index in [-0.39, 0.29) is 0 Å². The number of aliphatic imine (C=N–C) groups is 1. The third-order valence-electron chi connectivity index (χ3n) is 0.566. The number of halogens is 2. The average Bonchev–Trinajstić information content (AvgIpc) is 1.83. The van der Waals surface area contributed by atoms with Crippen molar-refractivity contribution >= 4 is 29.4 Å². The molecular weight excluding hydrogens is 157 g/mol. The van der Waals surface area contributed by atoms with Crippen molar-refractivity contribution in [2.45, 2.75) is 6.92 Å². The van der Waals surface area contributed by atoms with Crippen molar-refractivity contribution in [2.24, 2.45) is 4.99 Å². The molecule has 0 saturated carbocycles. The van der Waals surface area contributed by atoms with Crippen molar-refractivity contribution < 1.29 is 0 Å². The van der Waals surface area contributed by atoms with Crippen LogP contribution in [0.2, 0.25) is 0 Å². The Kier molecular flexibility index (Phi) is 4.46. The van der Waals surface area contributed by atoms with Crippen LogP contribution in [-0.2, 0) is 0 Å². The highest BCUT2D eigenvalue weighted by Crippen LogP contribution is 2.02. The summed E-state index contributed by atoms with van der Waals surface area (Å²) in [5.41, 5.74) is 0. The molecule has 0 aromatic heterocycles. The van der Waals surface area contributed by atoms with Gasteiger partial charge < -0.3 is 0 Å². The highest BCUT2D eigenvalue weighted by Gasteiger charge is 1.80. The number of hydrogen-bond acceptors (Lipinski definition) is 1. The molecule has 1 nitrogen and oxygen atoms in total. The maximum absolute atomic E-state index is 5.47. The minimum atomic E-state index is 0.370. The fourth-order valence-corrected chi connectivity index (χ4v) is 0.304. The van der Waals surface area contributed by atoms with Crippen LogP contribution < -0.4 is 0 Å². The highest BCUT2D eigenvalue weighted by atomic mass is 35.5. The molecule has 3 heteroatoms. The van der Waals surface area contributed by atoms with E-state index in [1.165, 1.54) is 6.21 Å². The van der Waals surface area contributed by atoms with Gasteiger partial charge in [0, 0.05) is 6.21 Å². The molecule has 0 fully saturated rings. The summed E-state index contributed by atoms with van der Waals surface area (Å²) in [5.74, 6) is 0. The summed E-state index contributed by atoms with van der Waals surface area (Å²) >= 11 is 10.8. The summed E-state index contributed by atoms with van der Waals surface area (Å²) in [7, 11) is 0. The second-order valence-corrected chi connectivity index (χ2v) is 2.19. The van der Waals surface area contributed by atoms with Crippen molar-refractivity contribution in [1.29, 1.82) is 0 Å². The van der Waals surface area contributed by atoms with Gasteiger partial charge in [-0.1, -0.05) is 35.9 Å². The van der Waals surface area contributed by atoms with E-state index in [0.717, 1.165) is 0 Å². The van der Waals surface area contributed by atoms with E-state index in [0.29, 0.717) is 10.2 Å². The third-order valence-corrected chi connectivity index (χ3v) is 0.980. The molecule has 0 N–H and O–H groups in total. The number of nitrogens with zero attached hydrogens (tertiary/aromatic N) is 1. The van der Waals surface area contributed by atoms with Crippen molar-refractivity contribution in [3.63, 3.8) is 0 Å². The van der Waals surface area contributed by atoms with Crippen LogP contribution in [-0.4, -0.2) is 6.21 Å². The summed E-state index contributed by atoms with van der Waals surface area (Å²) < 4.78 is 0. The van der Waals surface area contributed by atoms with E-state index in [2.05, 4.69) is 11.6 Å². The largest absolute Gasteiger partial charge is 0.243 e. The quantitative estimate of drug-likeness (QED) is 0.439. The Morgan fingerprint density at radius 3 is 2.44 bits per heavy atom. The summed E-state index contributed by atoms with van der Waals surface area (Å²) in [6.45, 7) is 5.18. The molecule has 0 spiro atoms. The lowest BCUT2D eigenvalue weighted by atomic mass is 10.6. The summed E-state index contributed by atoms with van der Waals surface area (Å²) in [6, 6.07) is 0. The van der Waals surface area contributed by atoms with Crippen LogP contribution in [0, 0.1) is 0 Å². The molecule has 0 amide bonds. The minimum absolute atomic E-state index is 0.370. The molecule has 0 saturated heterocycles. The molecule has 9 heavy (non-hydrogen) atoms. The zero-order valence-corrected chi connectivity index (χ0v) is 6.58. The minimum Gasteiger partial charge on any atom is -0.243 e. The first-order valence-corrected chi connectivity index (χ1v) is 3.12. The fraction of sp³-hybridized carbons (Fsp3) is 0.167. The van der Waals surface area contributed by atoms with Crippen molar-refractivity contribution in [2.75, 3.05) is 0 Å². The van der Waals surface area contributed by atoms with Gasteiger partial charge in [-0.3, -0.25) is 0 Å². The van der Waals surface area contributed by atoms with Gasteiger partial charge >= 0.3 is 0 Å². The first-order chi connectivity index (χ1) is 4.16. The molecule has 0 rings (SSSR count). The maximum Gasteiger partial charge on any atom is 0.124 e. The smallest absolute Gasteiger partial charge is 0.124 e. The van der Waals surface area contributed by atoms with Crippen LogP contribution >= 0.6 is 23.2 Å². The second kappa shape index (κ2) is 4.59. The molecule has 50 valence electrons. The van der Waals surface area contributed by atoms with Gasteiger partial charge in [0.1, 0.15) is 5.16 Å². The molecule has 0 heterocycles. The van der Waals surface area contributed by atoms with Gasteiger partial charge in [0.25, 0.3) is 0 Å². The molecule has 0 bridgehead atoms. The average molecular weight is 164 g/mol. The molecule has 0 unspecified atom stereocenters. The molecule has 0 aliphatic heterocycles. The molecule has 0 atom stereocenters. The Bertz CT molecular complexity index is 158. The van der Waals surface area contributed by atoms with E-state index >= 15 is 0 Å². The molecular formula is C6H7Cl2N. The van der Waals surface area contributed by atoms with Gasteiger partial charge in [0.05, 0.1) is 5.03 Å². The number of hydrogen-bond donors (Lipinski definition) is 0. The van der Waals surface area contributed by atoms with Crippen LogP contribution in [0.4, 0.5) is 0 Å². The van der Waals surface area contributed by atoms with Crippen LogP contribution in [0.15, 0.2) is 27.8 Å². The van der Waals surface area contributed by atoms with Gasteiger partial charge in [0.15, 0.2) is 0 Å². The Morgan fingerprint density at radius 2 is 2.11 bits per heavy atom. The van der Waals surface area contributed by atoms with E-state index in [9.17, 15) is 0 Å². The second-order valence-electron chi connectivity index (χ2n) is 1.32. The van der Waals surface area contributed by atoms with Gasteiger partial charge in [-0.15, -0.1) is 0 Å². The predicted octanol–water partition coefficient (Wildman–Crippen LogP) is 2.91. The summed E-state index contributed by atoms with van der Waals surface area (Å²) in [4.78, 5) is 3.71. The Balaban J connectivity index is 3.86. The summed E-state index contributed by atoms with van der Waals surface area (Å²) in [5, 5.41) is 0.784. The van der Waals surface area contributed by atoms with E-state index in [1.807, 2.05) is 0 Å². The molecule has 0 aliphatic carbocycles. The first-order valence-electron chi connectivity index (χ1n) is 2.37. The van der Waals surface area contributed by atoms with Gasteiger partial charge in [-0.25, -0.2) is 4.99 Å². The van der Waals surface area contributed by atoms with Crippen molar-refractivity contribution in [1.82, 2.24) is 0 Å². The van der Waals surface area contributed by atoms with Crippen molar-refractivity contribution in [3.8, 4) is 0 Å². The highest BCUT2D eigenvalue weighted by molar-refractivity contribution is 6.39. The van der Waals surface area contributed by atoms with Crippen LogP contribution in [0.1, 0.15) is 6.92 Å². The molecule has 0 aromatic carbocycles. The Morgan fingerprint density at radius 1 is 1.56 bits per heavy atom. The lowest BCUT2D eigenvalue weighted by Crippen LogP contribution is -1.69. The predicted molar refractivity (Wildman–Crippen MR) is 43.1 cm³/mol. The Labute approximate surface area is 64.7 Å². The molecule has 0 radical (unpaired) electrons. The zero-order valence-electron chi connectivity index (χ0n) is 5.06. The maximum atomic E-state index is 5.47. The van der Waals surface area contributed by atoms with E-state index < -0.39 is 0 Å². The topological polar surface area (TPSA) is 12.4 Å². The third kappa shape index (κ3) is 5.60. The fourth-order valence-electron chi connectivity index (χ4n) is 0.206. The lowest BCUT2D eigenvalue weighted by Gasteiger charge is -1.83. The van der Waals surface area contributed by atoms with Crippen LogP contribution in [0.5, 0.6) is 0 Å². The number of allylic oxidation sites excluding steroid dienone is 2. The molecule has 0 aromatic rings. The molecule has 0 aliphatic rings. The first kappa shape index (κ1) is 8.73. The van der Waals surface area contributed by atoms with Crippen LogP contribution in [0.3, 0.4) is 0 Å². The lowest BCUT2D eigenvalue weighted by molar-refractivity contribution is 1.49. The number of rotatable bonds is 2. The van der Waals surface area contributed by atoms with Gasteiger partial charge in [-0.05, 0) is 6.92 Å².